The summed E-state index contributed by atoms with van der Waals surface area (Å²) in [6.07, 6.45) is -0.0225. The molecule has 0 aliphatic rings. The lowest BCUT2D eigenvalue weighted by Crippen LogP contribution is -2.07. The minimum atomic E-state index is -0.164. The van der Waals surface area contributed by atoms with Crippen LogP contribution in [0.15, 0.2) is 72.8 Å². The van der Waals surface area contributed by atoms with Gasteiger partial charge in [0.2, 0.25) is 0 Å². The normalized spacial score (nSPS) is 10.5. The molecule has 0 aliphatic carbocycles. The van der Waals surface area contributed by atoms with Crippen LogP contribution in [0.2, 0.25) is 0 Å². The minimum absolute atomic E-state index is 0.0113. The zero-order valence-corrected chi connectivity index (χ0v) is 14.1. The van der Waals surface area contributed by atoms with E-state index in [0.717, 1.165) is 0 Å². The van der Waals surface area contributed by atoms with Crippen molar-refractivity contribution in [3.63, 3.8) is 0 Å². The highest BCUT2D eigenvalue weighted by Gasteiger charge is 2.16. The fourth-order valence-corrected chi connectivity index (χ4v) is 2.75. The van der Waals surface area contributed by atoms with E-state index in [-0.39, 0.29) is 35.9 Å². The first-order chi connectivity index (χ1) is 12.5. The summed E-state index contributed by atoms with van der Waals surface area (Å²) in [5, 5.41) is 20.1. The monoisotopic (exact) mass is 346 g/mol. The van der Waals surface area contributed by atoms with Gasteiger partial charge in [-0.1, -0.05) is 60.7 Å². The zero-order chi connectivity index (χ0) is 18.5. The predicted octanol–water partition coefficient (Wildman–Crippen LogP) is 3.95. The van der Waals surface area contributed by atoms with E-state index in [1.54, 1.807) is 48.5 Å². The van der Waals surface area contributed by atoms with E-state index in [1.807, 2.05) is 12.1 Å². The Bertz CT molecular complexity index is 856. The second-order valence-corrected chi connectivity index (χ2v) is 6.04. The Kier molecular flexibility index (Phi) is 5.13. The smallest absolute Gasteiger partial charge is 0.167 e. The molecule has 0 unspecified atom stereocenters. The second-order valence-electron chi connectivity index (χ2n) is 6.04. The van der Waals surface area contributed by atoms with Gasteiger partial charge < -0.3 is 10.2 Å². The van der Waals surface area contributed by atoms with Gasteiger partial charge in [-0.2, -0.15) is 0 Å². The lowest BCUT2D eigenvalue weighted by atomic mass is 9.96. The Morgan fingerprint density at radius 3 is 1.38 bits per heavy atom. The highest BCUT2D eigenvalue weighted by Crippen LogP contribution is 2.29. The third kappa shape index (κ3) is 3.98. The van der Waals surface area contributed by atoms with Gasteiger partial charge >= 0.3 is 0 Å². The minimum Gasteiger partial charge on any atom is -0.508 e. The van der Waals surface area contributed by atoms with E-state index in [9.17, 15) is 19.8 Å². The van der Waals surface area contributed by atoms with E-state index < -0.39 is 0 Å². The first-order valence-electron chi connectivity index (χ1n) is 8.25. The quantitative estimate of drug-likeness (QED) is 0.663. The van der Waals surface area contributed by atoms with E-state index in [1.165, 1.54) is 12.1 Å². The molecule has 0 aromatic heterocycles. The molecule has 130 valence electrons. The van der Waals surface area contributed by atoms with Gasteiger partial charge in [-0.25, -0.2) is 0 Å². The number of hydrogen-bond acceptors (Lipinski definition) is 4. The fourth-order valence-electron chi connectivity index (χ4n) is 2.75. The van der Waals surface area contributed by atoms with Crippen molar-refractivity contribution < 1.29 is 19.8 Å². The van der Waals surface area contributed by atoms with Crippen molar-refractivity contribution in [1.82, 2.24) is 0 Å². The van der Waals surface area contributed by atoms with Crippen LogP contribution < -0.4 is 0 Å². The number of phenols is 2. The van der Waals surface area contributed by atoms with E-state index in [4.69, 9.17) is 0 Å². The van der Waals surface area contributed by atoms with Gasteiger partial charge in [-0.15, -0.1) is 0 Å². The molecular weight excluding hydrogens is 328 g/mol. The van der Waals surface area contributed by atoms with Crippen LogP contribution in [0, 0.1) is 0 Å². The molecule has 0 heterocycles. The van der Waals surface area contributed by atoms with Crippen molar-refractivity contribution in [2.24, 2.45) is 0 Å². The molecule has 0 spiro atoms. The highest BCUT2D eigenvalue weighted by molar-refractivity contribution is 5.99. The molecule has 3 aromatic carbocycles. The molecule has 3 aromatic rings. The van der Waals surface area contributed by atoms with Crippen molar-refractivity contribution in [2.45, 2.75) is 12.8 Å². The molecule has 0 saturated heterocycles. The number of Topliss-reactive ketones (excluding diaryl/α,β-unsaturated/α-hetero) is 2. The summed E-state index contributed by atoms with van der Waals surface area (Å²) in [5.74, 6) is -0.621. The van der Waals surface area contributed by atoms with Crippen LogP contribution in [0.1, 0.15) is 31.8 Å². The Balaban J connectivity index is 1.83. The van der Waals surface area contributed by atoms with Crippen molar-refractivity contribution in [3.05, 3.63) is 95.1 Å². The molecule has 0 radical (unpaired) electrons. The average molecular weight is 346 g/mol. The van der Waals surface area contributed by atoms with Gasteiger partial charge in [-0.05, 0) is 6.07 Å². The molecule has 0 fully saturated rings. The first kappa shape index (κ1) is 17.4. The Morgan fingerprint density at radius 1 is 0.615 bits per heavy atom. The number of phenolic OH excluding ortho intramolecular Hbond substituents is 2. The maximum absolute atomic E-state index is 12.4. The number of rotatable bonds is 6. The predicted molar refractivity (Wildman–Crippen MR) is 98.7 cm³/mol. The third-order valence-corrected chi connectivity index (χ3v) is 4.17. The first-order valence-corrected chi connectivity index (χ1v) is 8.25. The number of ketones is 2. The van der Waals surface area contributed by atoms with Gasteiger partial charge in [0, 0.05) is 41.2 Å². The molecule has 4 nitrogen and oxygen atoms in total. The van der Waals surface area contributed by atoms with Crippen LogP contribution in [0.4, 0.5) is 0 Å². The van der Waals surface area contributed by atoms with Gasteiger partial charge in [0.1, 0.15) is 11.5 Å². The van der Waals surface area contributed by atoms with Crippen molar-refractivity contribution in [1.29, 1.82) is 0 Å². The van der Waals surface area contributed by atoms with Crippen molar-refractivity contribution in [3.8, 4) is 11.5 Å². The summed E-state index contributed by atoms with van der Waals surface area (Å²) in [6.45, 7) is 0. The summed E-state index contributed by atoms with van der Waals surface area (Å²) < 4.78 is 0. The molecule has 3 rings (SSSR count). The molecule has 4 heteroatoms. The standard InChI is InChI=1S/C22H18O4/c23-19(15-7-3-1-4-8-15)12-17-11-18(22(26)14-21(17)25)13-20(24)16-9-5-2-6-10-16/h1-11,14,25-26H,12-13H2. The number of hydrogen-bond donors (Lipinski definition) is 2. The molecule has 2 N–H and O–H groups in total. The zero-order valence-electron chi connectivity index (χ0n) is 14.1. The Labute approximate surface area is 151 Å². The number of aromatic hydroxyl groups is 2. The lowest BCUT2D eigenvalue weighted by Gasteiger charge is -2.10. The molecular formula is C22H18O4. The molecule has 0 bridgehead atoms. The van der Waals surface area contributed by atoms with Crippen LogP contribution >= 0.6 is 0 Å². The summed E-state index contributed by atoms with van der Waals surface area (Å²) in [7, 11) is 0. The topological polar surface area (TPSA) is 74.6 Å². The van der Waals surface area contributed by atoms with Gasteiger partial charge in [0.25, 0.3) is 0 Å². The maximum atomic E-state index is 12.4. The fraction of sp³-hybridized carbons (Fsp3) is 0.0909. The van der Waals surface area contributed by atoms with Gasteiger partial charge in [0.15, 0.2) is 11.6 Å². The van der Waals surface area contributed by atoms with Crippen molar-refractivity contribution >= 4 is 11.6 Å². The summed E-state index contributed by atoms with van der Waals surface area (Å²) in [4.78, 5) is 24.7. The summed E-state index contributed by atoms with van der Waals surface area (Å²) in [5.41, 5.74) is 1.85. The van der Waals surface area contributed by atoms with E-state index in [0.29, 0.717) is 22.3 Å². The Hall–Kier alpha value is -3.40. The number of carbonyl (C=O) groups excluding carboxylic acids is 2. The van der Waals surface area contributed by atoms with Crippen LogP contribution in [-0.2, 0) is 12.8 Å². The van der Waals surface area contributed by atoms with Crippen LogP contribution in [0.3, 0.4) is 0 Å². The third-order valence-electron chi connectivity index (χ3n) is 4.17. The van der Waals surface area contributed by atoms with Gasteiger partial charge in [-0.3, -0.25) is 9.59 Å². The largest absolute Gasteiger partial charge is 0.508 e. The van der Waals surface area contributed by atoms with E-state index in [2.05, 4.69) is 0 Å². The van der Waals surface area contributed by atoms with Gasteiger partial charge in [0.05, 0.1) is 0 Å². The molecule has 0 amide bonds. The molecule has 0 atom stereocenters. The Morgan fingerprint density at radius 2 is 1.00 bits per heavy atom. The maximum Gasteiger partial charge on any atom is 0.167 e. The average Bonchev–Trinajstić information content (AvgIpc) is 2.66. The molecule has 26 heavy (non-hydrogen) atoms. The van der Waals surface area contributed by atoms with Crippen LogP contribution in [-0.4, -0.2) is 21.8 Å². The molecule has 0 aliphatic heterocycles. The number of carbonyl (C=O) groups is 2. The SMILES string of the molecule is O=C(Cc1cc(CC(=O)c2ccccc2)c(O)cc1O)c1ccccc1. The highest BCUT2D eigenvalue weighted by atomic mass is 16.3. The lowest BCUT2D eigenvalue weighted by molar-refractivity contribution is 0.0986. The molecule has 0 saturated carbocycles. The summed E-state index contributed by atoms with van der Waals surface area (Å²) in [6, 6.07) is 20.3. The van der Waals surface area contributed by atoms with E-state index >= 15 is 0 Å². The summed E-state index contributed by atoms with van der Waals surface area (Å²) >= 11 is 0. The second kappa shape index (κ2) is 7.66. The van der Waals surface area contributed by atoms with Crippen LogP contribution in [0.5, 0.6) is 11.5 Å². The van der Waals surface area contributed by atoms with Crippen molar-refractivity contribution in [2.75, 3.05) is 0 Å². The number of benzene rings is 3. The van der Waals surface area contributed by atoms with Crippen LogP contribution in [0.25, 0.3) is 0 Å².